The van der Waals surface area contributed by atoms with Gasteiger partial charge >= 0.3 is 0 Å². The van der Waals surface area contributed by atoms with Crippen LogP contribution in [0.5, 0.6) is 0 Å². The molecule has 0 radical (unpaired) electrons. The maximum absolute atomic E-state index is 11.7. The lowest BCUT2D eigenvalue weighted by Crippen LogP contribution is -2.59. The van der Waals surface area contributed by atoms with Crippen molar-refractivity contribution in [3.8, 4) is 0 Å². The summed E-state index contributed by atoms with van der Waals surface area (Å²) in [7, 11) is 0. The molecule has 9 nitrogen and oxygen atoms in total. The largest absolute Gasteiger partial charge is 0.394 e. The highest BCUT2D eigenvalue weighted by Gasteiger charge is 2.45. The van der Waals surface area contributed by atoms with Gasteiger partial charge in [0.1, 0.15) is 42.7 Å². The number of carbonyl (C=O) groups is 1. The average molecular weight is 282 g/mol. The van der Waals surface area contributed by atoms with E-state index < -0.39 is 61.7 Å². The van der Waals surface area contributed by atoms with E-state index >= 15 is 0 Å². The molecule has 1 rings (SSSR count). The molecule has 0 aliphatic carbocycles. The van der Waals surface area contributed by atoms with Crippen molar-refractivity contribution < 1.29 is 45.3 Å². The molecule has 0 saturated carbocycles. The molecule has 0 unspecified atom stereocenters. The number of hydrogen-bond acceptors (Lipinski definition) is 9. The summed E-state index contributed by atoms with van der Waals surface area (Å²) in [6.07, 6.45) is -12.2. The van der Waals surface area contributed by atoms with Crippen LogP contribution in [0, 0.1) is 0 Å². The number of rotatable bonds is 5. The van der Waals surface area contributed by atoms with Crippen LogP contribution >= 0.6 is 0 Å². The quantitative estimate of drug-likeness (QED) is 0.261. The molecule has 0 spiro atoms. The van der Waals surface area contributed by atoms with Gasteiger partial charge in [-0.25, -0.2) is 0 Å². The Balaban J connectivity index is 2.72. The molecule has 1 aliphatic rings. The predicted octanol–water partition coefficient (Wildman–Crippen LogP) is -4.89. The molecule has 1 aliphatic heterocycles. The zero-order valence-corrected chi connectivity index (χ0v) is 9.90. The first-order valence-electron chi connectivity index (χ1n) is 5.65. The second kappa shape index (κ2) is 6.68. The maximum atomic E-state index is 11.7. The van der Waals surface area contributed by atoms with Gasteiger partial charge < -0.3 is 40.5 Å². The summed E-state index contributed by atoms with van der Waals surface area (Å²) < 4.78 is 4.79. The molecule has 0 amide bonds. The minimum Gasteiger partial charge on any atom is -0.394 e. The maximum Gasteiger partial charge on any atom is 0.195 e. The number of aliphatic hydroxyl groups excluding tert-OH is 7. The van der Waals surface area contributed by atoms with Gasteiger partial charge in [0, 0.05) is 0 Å². The first-order chi connectivity index (χ1) is 8.81. The van der Waals surface area contributed by atoms with E-state index in [2.05, 4.69) is 0 Å². The Labute approximate surface area is 108 Å². The van der Waals surface area contributed by atoms with Gasteiger partial charge in [0.15, 0.2) is 5.78 Å². The number of hydrogen-bond donors (Lipinski definition) is 7. The van der Waals surface area contributed by atoms with E-state index in [4.69, 9.17) is 14.9 Å². The van der Waals surface area contributed by atoms with Crippen molar-refractivity contribution in [2.75, 3.05) is 13.2 Å². The summed E-state index contributed by atoms with van der Waals surface area (Å²) in [5.74, 6) is -1.17. The molecule has 7 N–H and O–H groups in total. The Morgan fingerprint density at radius 1 is 1.16 bits per heavy atom. The van der Waals surface area contributed by atoms with E-state index in [0.29, 0.717) is 0 Å². The van der Waals surface area contributed by atoms with Gasteiger partial charge in [-0.3, -0.25) is 4.79 Å². The van der Waals surface area contributed by atoms with Crippen molar-refractivity contribution in [1.29, 1.82) is 0 Å². The first-order valence-corrected chi connectivity index (χ1v) is 5.65. The first kappa shape index (κ1) is 16.4. The Bertz CT molecular complexity index is 309. The van der Waals surface area contributed by atoms with Crippen LogP contribution in [0.3, 0.4) is 0 Å². The van der Waals surface area contributed by atoms with Crippen LogP contribution in [0.1, 0.15) is 0 Å². The summed E-state index contributed by atoms with van der Waals surface area (Å²) in [6.45, 7) is -1.30. The fourth-order valence-corrected chi connectivity index (χ4v) is 1.71. The standard InChI is InChI=1S/C10H18O9/c11-1-3(12)5(14)7(16)9(18)10-8(17)6(15)4(13)2-19-10/h3-8,10-17H,1-2H2/t3-,4-,5+,6+,7-,8-,10-/m1/s1. The van der Waals surface area contributed by atoms with E-state index in [1.807, 2.05) is 0 Å². The Kier molecular flexibility index (Phi) is 5.77. The molecule has 0 bridgehead atoms. The van der Waals surface area contributed by atoms with Gasteiger partial charge in [-0.2, -0.15) is 0 Å². The third kappa shape index (κ3) is 3.46. The fourth-order valence-electron chi connectivity index (χ4n) is 1.71. The highest BCUT2D eigenvalue weighted by molar-refractivity contribution is 5.88. The van der Waals surface area contributed by atoms with Crippen molar-refractivity contribution in [2.24, 2.45) is 0 Å². The molecular weight excluding hydrogens is 264 g/mol. The zero-order chi connectivity index (χ0) is 14.7. The van der Waals surface area contributed by atoms with Crippen molar-refractivity contribution in [3.05, 3.63) is 0 Å². The molecule has 112 valence electrons. The Morgan fingerprint density at radius 3 is 2.26 bits per heavy atom. The zero-order valence-electron chi connectivity index (χ0n) is 9.90. The number of aliphatic hydroxyl groups is 7. The van der Waals surface area contributed by atoms with Crippen LogP contribution in [0.4, 0.5) is 0 Å². The Hall–Kier alpha value is -0.650. The van der Waals surface area contributed by atoms with Crippen LogP contribution < -0.4 is 0 Å². The lowest BCUT2D eigenvalue weighted by Gasteiger charge is -2.35. The summed E-state index contributed by atoms with van der Waals surface area (Å²) in [5.41, 5.74) is 0. The molecule has 1 saturated heterocycles. The number of Topliss-reactive ketones (excluding diaryl/α,β-unsaturated/α-hetero) is 1. The molecular formula is C10H18O9. The highest BCUT2D eigenvalue weighted by Crippen LogP contribution is 2.18. The smallest absolute Gasteiger partial charge is 0.195 e. The minimum absolute atomic E-state index is 0.431. The summed E-state index contributed by atoms with van der Waals surface area (Å²) in [4.78, 5) is 11.7. The average Bonchev–Trinajstić information content (AvgIpc) is 2.41. The molecule has 0 aromatic heterocycles. The number of ether oxygens (including phenoxy) is 1. The van der Waals surface area contributed by atoms with Crippen molar-refractivity contribution in [3.63, 3.8) is 0 Å². The third-order valence-corrected chi connectivity index (χ3v) is 2.98. The van der Waals surface area contributed by atoms with Gasteiger partial charge in [-0.15, -0.1) is 0 Å². The van der Waals surface area contributed by atoms with E-state index in [-0.39, 0.29) is 0 Å². The van der Waals surface area contributed by atoms with Gasteiger partial charge in [-0.1, -0.05) is 0 Å². The van der Waals surface area contributed by atoms with Gasteiger partial charge in [0.25, 0.3) is 0 Å². The second-order valence-corrected chi connectivity index (χ2v) is 4.39. The van der Waals surface area contributed by atoms with Crippen molar-refractivity contribution in [1.82, 2.24) is 0 Å². The molecule has 9 heteroatoms. The minimum atomic E-state index is -2.11. The fraction of sp³-hybridized carbons (Fsp3) is 0.900. The van der Waals surface area contributed by atoms with Gasteiger partial charge in [0.2, 0.25) is 0 Å². The molecule has 7 atom stereocenters. The van der Waals surface area contributed by atoms with Gasteiger partial charge in [0.05, 0.1) is 13.2 Å². The van der Waals surface area contributed by atoms with E-state index in [1.54, 1.807) is 0 Å². The topological polar surface area (TPSA) is 168 Å². The van der Waals surface area contributed by atoms with Crippen LogP contribution in [0.2, 0.25) is 0 Å². The molecule has 19 heavy (non-hydrogen) atoms. The van der Waals surface area contributed by atoms with E-state index in [1.165, 1.54) is 0 Å². The van der Waals surface area contributed by atoms with Crippen LogP contribution in [-0.2, 0) is 9.53 Å². The van der Waals surface area contributed by atoms with E-state index in [9.17, 15) is 30.3 Å². The third-order valence-electron chi connectivity index (χ3n) is 2.98. The molecule has 1 heterocycles. The predicted molar refractivity (Wildman–Crippen MR) is 57.9 cm³/mol. The molecule has 0 aromatic carbocycles. The van der Waals surface area contributed by atoms with E-state index in [0.717, 1.165) is 0 Å². The summed E-state index contributed by atoms with van der Waals surface area (Å²) in [6, 6.07) is 0. The monoisotopic (exact) mass is 282 g/mol. The molecule has 0 aromatic rings. The lowest BCUT2D eigenvalue weighted by molar-refractivity contribution is -0.199. The highest BCUT2D eigenvalue weighted by atomic mass is 16.5. The number of ketones is 1. The van der Waals surface area contributed by atoms with Crippen molar-refractivity contribution >= 4 is 5.78 Å². The lowest BCUT2D eigenvalue weighted by atomic mass is 9.92. The van der Waals surface area contributed by atoms with Crippen molar-refractivity contribution in [2.45, 2.75) is 42.7 Å². The SMILES string of the molecule is O=C([C@H](O)[C@@H](O)[C@H](O)CO)[C@@H]1OC[C@@H](O)[C@H](O)[C@H]1O. The van der Waals surface area contributed by atoms with Gasteiger partial charge in [-0.05, 0) is 0 Å². The Morgan fingerprint density at radius 2 is 1.74 bits per heavy atom. The molecule has 1 fully saturated rings. The second-order valence-electron chi connectivity index (χ2n) is 4.39. The summed E-state index contributed by atoms with van der Waals surface area (Å²) >= 11 is 0. The van der Waals surface area contributed by atoms with Crippen LogP contribution in [0.25, 0.3) is 0 Å². The summed E-state index contributed by atoms with van der Waals surface area (Å²) in [5, 5.41) is 64.7. The normalized spacial score (nSPS) is 36.6. The number of carbonyl (C=O) groups excluding carboxylic acids is 1. The van der Waals surface area contributed by atoms with Crippen LogP contribution in [0.15, 0.2) is 0 Å². The van der Waals surface area contributed by atoms with Crippen LogP contribution in [-0.4, -0.2) is 97.5 Å².